The van der Waals surface area contributed by atoms with Gasteiger partial charge in [-0.05, 0) is 81.1 Å². The predicted octanol–water partition coefficient (Wildman–Crippen LogP) is 6.04. The Morgan fingerprint density at radius 3 is 2.12 bits per heavy atom. The zero-order chi connectivity index (χ0) is 35.2. The molecule has 2 amide bonds. The number of benzene rings is 3. The Bertz CT molecular complexity index is 1880. The molecule has 1 unspecified atom stereocenters. The maximum atomic E-state index is 13.2. The molecule has 0 bridgehead atoms. The Morgan fingerprint density at radius 1 is 0.917 bits per heavy atom. The fraction of sp³-hybridized carbons (Fsp3) is 0.343. The number of sulfonamides is 1. The minimum absolute atomic E-state index is 0.0110. The molecule has 1 heterocycles. The maximum Gasteiger partial charge on any atom is 0.407 e. The first-order chi connectivity index (χ1) is 22.6. The summed E-state index contributed by atoms with van der Waals surface area (Å²) in [7, 11) is -2.76. The molecule has 0 aliphatic heterocycles. The van der Waals surface area contributed by atoms with Crippen LogP contribution in [-0.4, -0.2) is 58.3 Å². The zero-order valence-corrected chi connectivity index (χ0v) is 28.8. The normalized spacial score (nSPS) is 12.4. The molecule has 3 N–H and O–H groups in total. The molecular weight excluding hydrogens is 638 g/mol. The van der Waals surface area contributed by atoms with Gasteiger partial charge in [-0.1, -0.05) is 44.2 Å². The van der Waals surface area contributed by atoms with Gasteiger partial charge >= 0.3 is 12.1 Å². The highest BCUT2D eigenvalue weighted by molar-refractivity contribution is 7.89. The van der Waals surface area contributed by atoms with Gasteiger partial charge in [-0.25, -0.2) is 13.2 Å². The number of methoxy groups -OCH3 is 1. The van der Waals surface area contributed by atoms with Crippen LogP contribution < -0.4 is 20.1 Å². The van der Waals surface area contributed by atoms with E-state index in [9.17, 15) is 22.8 Å². The van der Waals surface area contributed by atoms with Gasteiger partial charge in [0.2, 0.25) is 10.0 Å². The zero-order valence-electron chi connectivity index (χ0n) is 28.0. The molecule has 0 aliphatic rings. The van der Waals surface area contributed by atoms with Gasteiger partial charge in [-0.2, -0.15) is 4.72 Å². The summed E-state index contributed by atoms with van der Waals surface area (Å²) in [5.74, 6) is -0.759. The molecule has 3 aromatic carbocycles. The lowest BCUT2D eigenvalue weighted by Gasteiger charge is -2.19. The summed E-state index contributed by atoms with van der Waals surface area (Å²) in [6, 6.07) is 17.6. The van der Waals surface area contributed by atoms with E-state index >= 15 is 0 Å². The van der Waals surface area contributed by atoms with Crippen molar-refractivity contribution in [1.29, 1.82) is 0 Å². The number of ether oxygens (including phenoxy) is 3. The SMILES string of the molecule is COC(=O)C(NS(=O)(=O)c1ccc(-c2ccc(NC(=O)c3oc4cccc(OCCNC(=O)OC(C)(C)C)c4c3C)cc2)cc1)C(C)C. The molecule has 12 nitrogen and oxygen atoms in total. The lowest BCUT2D eigenvalue weighted by molar-refractivity contribution is -0.143. The summed E-state index contributed by atoms with van der Waals surface area (Å²) < 4.78 is 50.0. The van der Waals surface area contributed by atoms with E-state index in [0.29, 0.717) is 28.0 Å². The van der Waals surface area contributed by atoms with Crippen LogP contribution in [-0.2, 0) is 24.3 Å². The van der Waals surface area contributed by atoms with Crippen LogP contribution in [0.5, 0.6) is 5.75 Å². The molecule has 0 aliphatic carbocycles. The van der Waals surface area contributed by atoms with Gasteiger partial charge in [0.15, 0.2) is 5.76 Å². The largest absolute Gasteiger partial charge is 0.491 e. The van der Waals surface area contributed by atoms with E-state index in [1.807, 2.05) is 0 Å². The van der Waals surface area contributed by atoms with Crippen molar-refractivity contribution in [2.75, 3.05) is 25.6 Å². The Labute approximate surface area is 280 Å². The Morgan fingerprint density at radius 2 is 1.54 bits per heavy atom. The van der Waals surface area contributed by atoms with Gasteiger partial charge in [0.1, 0.15) is 29.6 Å². The Kier molecular flexibility index (Phi) is 11.2. The molecule has 4 aromatic rings. The maximum absolute atomic E-state index is 13.2. The van der Waals surface area contributed by atoms with Crippen molar-refractivity contribution in [2.45, 2.75) is 58.1 Å². The highest BCUT2D eigenvalue weighted by Crippen LogP contribution is 2.34. The fourth-order valence-corrected chi connectivity index (χ4v) is 6.14. The topological polar surface area (TPSA) is 162 Å². The number of esters is 1. The molecule has 0 fully saturated rings. The molecule has 4 rings (SSSR count). The number of anilines is 1. The lowest BCUT2D eigenvalue weighted by Crippen LogP contribution is -2.44. The first kappa shape index (κ1) is 36.0. The van der Waals surface area contributed by atoms with E-state index in [2.05, 4.69) is 15.4 Å². The van der Waals surface area contributed by atoms with Crippen LogP contribution in [0.25, 0.3) is 22.1 Å². The lowest BCUT2D eigenvalue weighted by atomic mass is 10.1. The average Bonchev–Trinajstić information content (AvgIpc) is 3.38. The van der Waals surface area contributed by atoms with Crippen molar-refractivity contribution in [2.24, 2.45) is 5.92 Å². The third-order valence-corrected chi connectivity index (χ3v) is 8.65. The van der Waals surface area contributed by atoms with Gasteiger partial charge < -0.3 is 29.3 Å². The minimum Gasteiger partial charge on any atom is -0.491 e. The van der Waals surface area contributed by atoms with E-state index in [4.69, 9.17) is 18.6 Å². The molecule has 0 radical (unpaired) electrons. The van der Waals surface area contributed by atoms with E-state index in [0.717, 1.165) is 11.1 Å². The van der Waals surface area contributed by atoms with Crippen LogP contribution in [0.3, 0.4) is 0 Å². The molecule has 256 valence electrons. The molecule has 1 aromatic heterocycles. The fourth-order valence-electron chi connectivity index (χ4n) is 4.81. The monoisotopic (exact) mass is 679 g/mol. The van der Waals surface area contributed by atoms with Gasteiger partial charge in [0.25, 0.3) is 5.91 Å². The first-order valence-electron chi connectivity index (χ1n) is 15.3. The number of carbonyl (C=O) groups is 3. The van der Waals surface area contributed by atoms with Crippen molar-refractivity contribution in [3.63, 3.8) is 0 Å². The number of hydrogen-bond acceptors (Lipinski definition) is 9. The third-order valence-electron chi connectivity index (χ3n) is 7.19. The second-order valence-corrected chi connectivity index (χ2v) is 14.1. The van der Waals surface area contributed by atoms with Crippen molar-refractivity contribution in [3.8, 4) is 16.9 Å². The summed E-state index contributed by atoms with van der Waals surface area (Å²) in [4.78, 5) is 37.2. The summed E-state index contributed by atoms with van der Waals surface area (Å²) in [6.45, 7) is 11.0. The van der Waals surface area contributed by atoms with Gasteiger partial charge in [-0.15, -0.1) is 0 Å². The van der Waals surface area contributed by atoms with Crippen molar-refractivity contribution in [1.82, 2.24) is 10.0 Å². The van der Waals surface area contributed by atoms with E-state index in [1.54, 1.807) is 96.1 Å². The molecule has 0 spiro atoms. The standard InChI is InChI=1S/C35H41N3O9S/c1-21(2)30(33(40)44-7)38-48(42,43)26-17-13-24(14-18-26)23-11-15-25(16-12-23)37-32(39)31-22(3)29-27(9-8-10-28(29)46-31)45-20-19-36-34(41)47-35(4,5)6/h8-18,21,30,38H,19-20H2,1-7H3,(H,36,41)(H,37,39). The van der Waals surface area contributed by atoms with Crippen LogP contribution in [0, 0.1) is 12.8 Å². The van der Waals surface area contributed by atoms with Crippen LogP contribution in [0.15, 0.2) is 76.0 Å². The Balaban J connectivity index is 1.40. The highest BCUT2D eigenvalue weighted by atomic mass is 32.2. The smallest absolute Gasteiger partial charge is 0.407 e. The van der Waals surface area contributed by atoms with Crippen LogP contribution in [0.4, 0.5) is 10.5 Å². The van der Waals surface area contributed by atoms with E-state index in [1.165, 1.54) is 19.2 Å². The quantitative estimate of drug-likeness (QED) is 0.120. The molecule has 1 atom stereocenters. The number of furan rings is 1. The summed E-state index contributed by atoms with van der Waals surface area (Å²) in [5.41, 5.74) is 2.56. The van der Waals surface area contributed by atoms with Gasteiger partial charge in [-0.3, -0.25) is 9.59 Å². The van der Waals surface area contributed by atoms with E-state index in [-0.39, 0.29) is 29.7 Å². The molecule has 13 heteroatoms. The minimum atomic E-state index is -3.97. The molecule has 48 heavy (non-hydrogen) atoms. The van der Waals surface area contributed by atoms with E-state index < -0.39 is 39.6 Å². The average molecular weight is 680 g/mol. The second-order valence-electron chi connectivity index (χ2n) is 12.4. The molecule has 0 saturated carbocycles. The van der Waals surface area contributed by atoms with Crippen molar-refractivity contribution >= 4 is 44.6 Å². The Hall–Kier alpha value is -4.88. The number of rotatable bonds is 12. The number of hydrogen-bond donors (Lipinski definition) is 3. The number of alkyl carbamates (subject to hydrolysis) is 1. The number of nitrogens with one attached hydrogen (secondary N) is 3. The summed E-state index contributed by atoms with van der Waals surface area (Å²) in [6.07, 6.45) is -0.537. The molecule has 0 saturated heterocycles. The molecular formula is C35H41N3O9S. The van der Waals surface area contributed by atoms with Crippen molar-refractivity contribution < 1.29 is 41.4 Å². The predicted molar refractivity (Wildman–Crippen MR) is 181 cm³/mol. The summed E-state index contributed by atoms with van der Waals surface area (Å²) in [5, 5.41) is 6.15. The first-order valence-corrected chi connectivity index (χ1v) is 16.8. The number of carbonyl (C=O) groups excluding carboxylic acids is 3. The second kappa shape index (κ2) is 14.9. The van der Waals surface area contributed by atoms with Crippen molar-refractivity contribution in [3.05, 3.63) is 78.1 Å². The highest BCUT2D eigenvalue weighted by Gasteiger charge is 2.29. The number of fused-ring (bicyclic) bond motifs is 1. The number of amides is 2. The van der Waals surface area contributed by atoms with Gasteiger partial charge in [0, 0.05) is 11.3 Å². The van der Waals surface area contributed by atoms with Crippen LogP contribution in [0.2, 0.25) is 0 Å². The van der Waals surface area contributed by atoms with Crippen LogP contribution in [0.1, 0.15) is 50.7 Å². The van der Waals surface area contributed by atoms with Crippen LogP contribution >= 0.6 is 0 Å². The number of aryl methyl sites for hydroxylation is 1. The van der Waals surface area contributed by atoms with Gasteiger partial charge in [0.05, 0.1) is 23.9 Å². The third kappa shape index (κ3) is 8.92. The summed E-state index contributed by atoms with van der Waals surface area (Å²) >= 11 is 0.